The van der Waals surface area contributed by atoms with E-state index >= 15 is 0 Å². The first kappa shape index (κ1) is 13.8. The quantitative estimate of drug-likeness (QED) is 0.487. The highest BCUT2D eigenvalue weighted by Gasteiger charge is 2.07. The summed E-state index contributed by atoms with van der Waals surface area (Å²) in [5, 5.41) is 0. The molecule has 1 amide bonds. The molecule has 0 saturated heterocycles. The first-order chi connectivity index (χ1) is 8.52. The third-order valence-corrected chi connectivity index (χ3v) is 1.96. The van der Waals surface area contributed by atoms with Gasteiger partial charge in [-0.3, -0.25) is 9.59 Å². The van der Waals surface area contributed by atoms with Gasteiger partial charge in [-0.25, -0.2) is 0 Å². The predicted molar refractivity (Wildman–Crippen MR) is 67.1 cm³/mol. The zero-order chi connectivity index (χ0) is 13.5. The minimum Gasteiger partial charge on any atom is -0.490 e. The Labute approximate surface area is 105 Å². The number of hydrogen-bond donors (Lipinski definition) is 1. The van der Waals surface area contributed by atoms with E-state index in [1.54, 1.807) is 24.3 Å². The largest absolute Gasteiger partial charge is 0.490 e. The molecule has 96 valence electrons. The molecule has 1 aromatic carbocycles. The third kappa shape index (κ3) is 4.29. The van der Waals surface area contributed by atoms with Crippen LogP contribution in [0.25, 0.3) is 6.08 Å². The number of rotatable bonds is 5. The van der Waals surface area contributed by atoms with E-state index in [0.717, 1.165) is 5.56 Å². The van der Waals surface area contributed by atoms with Crippen LogP contribution in [0.15, 0.2) is 24.3 Å². The molecule has 5 heteroatoms. The third-order valence-electron chi connectivity index (χ3n) is 1.96. The lowest BCUT2D eigenvalue weighted by molar-refractivity contribution is -0.132. The van der Waals surface area contributed by atoms with Crippen molar-refractivity contribution in [2.24, 2.45) is 5.73 Å². The lowest BCUT2D eigenvalue weighted by Gasteiger charge is -2.10. The van der Waals surface area contributed by atoms with Crippen molar-refractivity contribution in [1.82, 2.24) is 0 Å². The van der Waals surface area contributed by atoms with Crippen LogP contribution < -0.4 is 15.2 Å². The molecule has 1 aromatic rings. The van der Waals surface area contributed by atoms with E-state index in [2.05, 4.69) is 0 Å². The van der Waals surface area contributed by atoms with Gasteiger partial charge in [0.15, 0.2) is 11.5 Å². The van der Waals surface area contributed by atoms with Gasteiger partial charge in [0.25, 0.3) is 0 Å². The van der Waals surface area contributed by atoms with E-state index < -0.39 is 11.9 Å². The summed E-state index contributed by atoms with van der Waals surface area (Å²) in [6, 6.07) is 4.97. The van der Waals surface area contributed by atoms with Crippen LogP contribution in [-0.4, -0.2) is 18.5 Å². The summed E-state index contributed by atoms with van der Waals surface area (Å²) in [4.78, 5) is 21.5. The van der Waals surface area contributed by atoms with Gasteiger partial charge in [-0.1, -0.05) is 6.07 Å². The molecule has 0 saturated carbocycles. The molecular weight excluding hydrogens is 234 g/mol. The summed E-state index contributed by atoms with van der Waals surface area (Å²) in [5.74, 6) is -0.159. The van der Waals surface area contributed by atoms with E-state index in [1.807, 2.05) is 6.92 Å². The number of primary amides is 1. The second kappa shape index (κ2) is 6.44. The van der Waals surface area contributed by atoms with Gasteiger partial charge < -0.3 is 15.2 Å². The molecule has 0 fully saturated rings. The Kier molecular flexibility index (Phi) is 4.92. The maximum atomic E-state index is 10.9. The number of ether oxygens (including phenoxy) is 2. The van der Waals surface area contributed by atoms with Gasteiger partial charge >= 0.3 is 5.97 Å². The van der Waals surface area contributed by atoms with Gasteiger partial charge in [0.1, 0.15) is 0 Å². The number of esters is 1. The topological polar surface area (TPSA) is 78.6 Å². The van der Waals surface area contributed by atoms with Crippen LogP contribution in [0.2, 0.25) is 0 Å². The van der Waals surface area contributed by atoms with E-state index in [9.17, 15) is 9.59 Å². The molecule has 0 spiro atoms. The Balaban J connectivity index is 3.02. The maximum absolute atomic E-state index is 10.9. The molecule has 0 atom stereocenters. The first-order valence-electron chi connectivity index (χ1n) is 5.45. The zero-order valence-corrected chi connectivity index (χ0v) is 10.3. The average molecular weight is 249 g/mol. The second-order valence-corrected chi connectivity index (χ2v) is 3.47. The number of amides is 1. The fraction of sp³-hybridized carbons (Fsp3) is 0.231. The van der Waals surface area contributed by atoms with Crippen molar-refractivity contribution in [2.45, 2.75) is 13.8 Å². The summed E-state index contributed by atoms with van der Waals surface area (Å²) >= 11 is 0. The van der Waals surface area contributed by atoms with Gasteiger partial charge in [-0.15, -0.1) is 0 Å². The number of benzene rings is 1. The lowest BCUT2D eigenvalue weighted by atomic mass is 10.2. The predicted octanol–water partition coefficient (Wildman–Crippen LogP) is 1.51. The molecule has 2 N–H and O–H groups in total. The first-order valence-corrected chi connectivity index (χ1v) is 5.45. The van der Waals surface area contributed by atoms with Crippen LogP contribution in [0.5, 0.6) is 11.5 Å². The molecule has 0 aliphatic heterocycles. The maximum Gasteiger partial charge on any atom is 0.308 e. The zero-order valence-electron chi connectivity index (χ0n) is 10.3. The number of carbonyl (C=O) groups excluding carboxylic acids is 2. The fourth-order valence-electron chi connectivity index (χ4n) is 1.31. The highest BCUT2D eigenvalue weighted by molar-refractivity contribution is 5.90. The monoisotopic (exact) mass is 249 g/mol. The average Bonchev–Trinajstić information content (AvgIpc) is 2.29. The van der Waals surface area contributed by atoms with Crippen molar-refractivity contribution in [3.8, 4) is 11.5 Å². The highest BCUT2D eigenvalue weighted by Crippen LogP contribution is 2.29. The molecule has 0 heterocycles. The molecule has 18 heavy (non-hydrogen) atoms. The van der Waals surface area contributed by atoms with Crippen molar-refractivity contribution in [3.05, 3.63) is 29.8 Å². The van der Waals surface area contributed by atoms with Crippen LogP contribution in [0.4, 0.5) is 0 Å². The van der Waals surface area contributed by atoms with Crippen molar-refractivity contribution >= 4 is 18.0 Å². The van der Waals surface area contributed by atoms with Crippen LogP contribution in [0.3, 0.4) is 0 Å². The molecular formula is C13H15NO4. The fourth-order valence-corrected chi connectivity index (χ4v) is 1.31. The van der Waals surface area contributed by atoms with Crippen molar-refractivity contribution in [1.29, 1.82) is 0 Å². The second-order valence-electron chi connectivity index (χ2n) is 3.47. The molecule has 0 aliphatic carbocycles. The number of nitrogens with two attached hydrogens (primary N) is 1. The van der Waals surface area contributed by atoms with Gasteiger partial charge in [-0.05, 0) is 30.7 Å². The normalized spacial score (nSPS) is 10.3. The summed E-state index contributed by atoms with van der Waals surface area (Å²) in [6.07, 6.45) is 2.80. The van der Waals surface area contributed by atoms with Gasteiger partial charge in [0.05, 0.1) is 6.61 Å². The van der Waals surface area contributed by atoms with Crippen molar-refractivity contribution < 1.29 is 19.1 Å². The minimum absolute atomic E-state index is 0.348. The standard InChI is InChI=1S/C13H15NO4/c1-3-17-12-8-10(5-7-13(14)16)4-6-11(12)18-9(2)15/h4-8H,3H2,1-2H3,(H2,14,16). The Hall–Kier alpha value is -2.30. The summed E-state index contributed by atoms with van der Waals surface area (Å²) in [5.41, 5.74) is 5.74. The molecule has 0 radical (unpaired) electrons. The van der Waals surface area contributed by atoms with Crippen molar-refractivity contribution in [3.63, 3.8) is 0 Å². The van der Waals surface area contributed by atoms with E-state index in [1.165, 1.54) is 13.0 Å². The van der Waals surface area contributed by atoms with Gasteiger partial charge in [0.2, 0.25) is 5.91 Å². The molecule has 5 nitrogen and oxygen atoms in total. The smallest absolute Gasteiger partial charge is 0.308 e. The Morgan fingerprint density at radius 1 is 1.33 bits per heavy atom. The highest BCUT2D eigenvalue weighted by atomic mass is 16.6. The molecule has 0 aliphatic rings. The van der Waals surface area contributed by atoms with Crippen LogP contribution >= 0.6 is 0 Å². The summed E-state index contributed by atoms with van der Waals surface area (Å²) in [7, 11) is 0. The van der Waals surface area contributed by atoms with E-state index in [4.69, 9.17) is 15.2 Å². The van der Waals surface area contributed by atoms with E-state index in [0.29, 0.717) is 18.1 Å². The van der Waals surface area contributed by atoms with Gasteiger partial charge in [0, 0.05) is 13.0 Å². The molecule has 0 aromatic heterocycles. The number of carbonyl (C=O) groups is 2. The summed E-state index contributed by atoms with van der Waals surface area (Å²) < 4.78 is 10.4. The van der Waals surface area contributed by atoms with E-state index in [-0.39, 0.29) is 0 Å². The number of hydrogen-bond acceptors (Lipinski definition) is 4. The Morgan fingerprint density at radius 3 is 2.61 bits per heavy atom. The molecule has 0 unspecified atom stereocenters. The van der Waals surface area contributed by atoms with Crippen LogP contribution in [-0.2, 0) is 9.59 Å². The molecule has 1 rings (SSSR count). The van der Waals surface area contributed by atoms with Crippen LogP contribution in [0.1, 0.15) is 19.4 Å². The Morgan fingerprint density at radius 2 is 2.06 bits per heavy atom. The van der Waals surface area contributed by atoms with Crippen molar-refractivity contribution in [2.75, 3.05) is 6.61 Å². The summed E-state index contributed by atoms with van der Waals surface area (Å²) in [6.45, 7) is 3.58. The van der Waals surface area contributed by atoms with Crippen LogP contribution in [0, 0.1) is 0 Å². The lowest BCUT2D eigenvalue weighted by Crippen LogP contribution is -2.05. The Bertz CT molecular complexity index is 480. The van der Waals surface area contributed by atoms with Gasteiger partial charge in [-0.2, -0.15) is 0 Å². The minimum atomic E-state index is -0.531. The SMILES string of the molecule is CCOc1cc(C=CC(N)=O)ccc1OC(C)=O. The molecule has 0 bridgehead atoms.